The largest absolute Gasteiger partial charge is 0.507 e. The maximum absolute atomic E-state index is 10.4. The van der Waals surface area contributed by atoms with E-state index in [1.807, 2.05) is 36.4 Å². The number of nitrogens with one attached hydrogen (secondary N) is 1. The Morgan fingerprint density at radius 3 is 2.18 bits per heavy atom. The number of aromatic hydroxyl groups is 1. The minimum Gasteiger partial charge on any atom is -0.507 e. The van der Waals surface area contributed by atoms with Gasteiger partial charge in [-0.15, -0.1) is 0 Å². The van der Waals surface area contributed by atoms with E-state index in [2.05, 4.69) is 49.3 Å². The molecule has 2 aromatic carbocycles. The van der Waals surface area contributed by atoms with Crippen LogP contribution in [-0.4, -0.2) is 26.4 Å². The summed E-state index contributed by atoms with van der Waals surface area (Å²) in [7, 11) is 0. The van der Waals surface area contributed by atoms with Crippen LogP contribution in [0.4, 0.5) is 0 Å². The fourth-order valence-electron chi connectivity index (χ4n) is 5.02. The number of fused-ring (bicyclic) bond motifs is 1. The first-order chi connectivity index (χ1) is 13.2. The third-order valence-corrected chi connectivity index (χ3v) is 5.63. The van der Waals surface area contributed by atoms with Crippen molar-refractivity contribution in [3.63, 3.8) is 0 Å². The van der Waals surface area contributed by atoms with Crippen molar-refractivity contribution in [2.75, 3.05) is 0 Å². The topological polar surface area (TPSA) is 58.0 Å². The van der Waals surface area contributed by atoms with Crippen LogP contribution in [0.1, 0.15) is 46.2 Å². The Morgan fingerprint density at radius 1 is 0.929 bits per heavy atom. The van der Waals surface area contributed by atoms with E-state index in [-0.39, 0.29) is 16.8 Å². The second-order valence-electron chi connectivity index (χ2n) is 9.50. The second kappa shape index (κ2) is 6.85. The fourth-order valence-corrected chi connectivity index (χ4v) is 5.02. The molecule has 1 saturated heterocycles. The third kappa shape index (κ3) is 4.02. The summed E-state index contributed by atoms with van der Waals surface area (Å²) in [6.07, 6.45) is 3.20. The Labute approximate surface area is 167 Å². The quantitative estimate of drug-likeness (QED) is 0.668. The van der Waals surface area contributed by atoms with Crippen molar-refractivity contribution >= 4 is 10.8 Å². The molecule has 0 radical (unpaired) electrons. The molecule has 4 nitrogen and oxygen atoms in total. The van der Waals surface area contributed by atoms with Gasteiger partial charge in [0.25, 0.3) is 0 Å². The number of phenolic OH excluding ortho intramolecular Hbond substituents is 1. The first-order valence-corrected chi connectivity index (χ1v) is 10.0. The van der Waals surface area contributed by atoms with Gasteiger partial charge in [-0.3, -0.25) is 0 Å². The van der Waals surface area contributed by atoms with Crippen LogP contribution in [0.2, 0.25) is 0 Å². The van der Waals surface area contributed by atoms with Crippen LogP contribution in [0.25, 0.3) is 22.0 Å². The van der Waals surface area contributed by atoms with Crippen LogP contribution in [-0.2, 0) is 6.42 Å². The maximum Gasteiger partial charge on any atom is 0.125 e. The smallest absolute Gasteiger partial charge is 0.125 e. The molecule has 0 amide bonds. The van der Waals surface area contributed by atoms with Gasteiger partial charge in [0.1, 0.15) is 5.75 Å². The number of nitrogens with zero attached hydrogens (tertiary/aromatic N) is 2. The molecule has 146 valence electrons. The molecule has 0 atom stereocenters. The zero-order valence-electron chi connectivity index (χ0n) is 17.2. The normalized spacial score (nSPS) is 19.0. The van der Waals surface area contributed by atoms with E-state index in [9.17, 15) is 5.11 Å². The molecule has 0 saturated carbocycles. The van der Waals surface area contributed by atoms with Crippen molar-refractivity contribution < 1.29 is 5.11 Å². The Hall–Kier alpha value is -2.46. The Morgan fingerprint density at radius 2 is 1.57 bits per heavy atom. The molecule has 4 heteroatoms. The molecule has 1 aliphatic rings. The van der Waals surface area contributed by atoms with Crippen molar-refractivity contribution in [2.24, 2.45) is 5.92 Å². The molecule has 1 aliphatic heterocycles. The fraction of sp³-hybridized carbons (Fsp3) is 0.417. The highest BCUT2D eigenvalue weighted by Gasteiger charge is 2.37. The first-order valence-electron chi connectivity index (χ1n) is 10.0. The number of rotatable bonds is 3. The summed E-state index contributed by atoms with van der Waals surface area (Å²) in [6.45, 7) is 9.10. The number of hydrogen-bond donors (Lipinski definition) is 2. The Balaban J connectivity index is 1.55. The van der Waals surface area contributed by atoms with Crippen molar-refractivity contribution in [3.8, 4) is 17.0 Å². The number of aromatic nitrogens is 2. The van der Waals surface area contributed by atoms with E-state index in [4.69, 9.17) is 0 Å². The summed E-state index contributed by atoms with van der Waals surface area (Å²) in [6, 6.07) is 15.8. The predicted octanol–water partition coefficient (Wildman–Crippen LogP) is 5.10. The lowest BCUT2D eigenvalue weighted by Gasteiger charge is -2.46. The summed E-state index contributed by atoms with van der Waals surface area (Å²) in [5.41, 5.74) is 2.72. The number of piperidine rings is 1. The van der Waals surface area contributed by atoms with Crippen LogP contribution >= 0.6 is 0 Å². The average molecular weight is 376 g/mol. The summed E-state index contributed by atoms with van der Waals surface area (Å²) in [5.74, 6) is 0.822. The minimum atomic E-state index is 0.136. The van der Waals surface area contributed by atoms with Crippen molar-refractivity contribution in [2.45, 2.75) is 58.0 Å². The van der Waals surface area contributed by atoms with Crippen molar-refractivity contribution in [1.29, 1.82) is 0 Å². The van der Waals surface area contributed by atoms with E-state index in [0.717, 1.165) is 41.3 Å². The minimum absolute atomic E-state index is 0.136. The van der Waals surface area contributed by atoms with Crippen LogP contribution in [0.3, 0.4) is 0 Å². The molecule has 1 fully saturated rings. The monoisotopic (exact) mass is 375 g/mol. The molecule has 2 N–H and O–H groups in total. The molecule has 2 heterocycles. The van der Waals surface area contributed by atoms with E-state index >= 15 is 0 Å². The van der Waals surface area contributed by atoms with Gasteiger partial charge >= 0.3 is 0 Å². The van der Waals surface area contributed by atoms with Gasteiger partial charge in [-0.05, 0) is 87.9 Å². The van der Waals surface area contributed by atoms with Gasteiger partial charge in [0.15, 0.2) is 0 Å². The van der Waals surface area contributed by atoms with E-state index in [0.29, 0.717) is 11.6 Å². The van der Waals surface area contributed by atoms with Crippen LogP contribution in [0, 0.1) is 5.92 Å². The number of hydrogen-bond acceptors (Lipinski definition) is 4. The van der Waals surface area contributed by atoms with Crippen LogP contribution < -0.4 is 5.32 Å². The standard InChI is InChI=1S/C24H29N3O/c1-23(2)14-16(15-24(3,4)27-23)11-19-9-10-21(26-25-19)20-12-17-7-5-6-8-18(17)13-22(20)28/h5-10,12-13,16,27-28H,11,14-15H2,1-4H3. The summed E-state index contributed by atoms with van der Waals surface area (Å²) in [5, 5.41) is 25.2. The highest BCUT2D eigenvalue weighted by molar-refractivity contribution is 5.89. The molecule has 28 heavy (non-hydrogen) atoms. The van der Waals surface area contributed by atoms with E-state index in [1.54, 1.807) is 6.07 Å². The Kier molecular flexibility index (Phi) is 4.62. The molecular weight excluding hydrogens is 346 g/mol. The van der Waals surface area contributed by atoms with Gasteiger partial charge in [-0.2, -0.15) is 10.2 Å². The van der Waals surface area contributed by atoms with Gasteiger partial charge in [0.2, 0.25) is 0 Å². The zero-order chi connectivity index (χ0) is 19.9. The van der Waals surface area contributed by atoms with E-state index < -0.39 is 0 Å². The second-order valence-corrected chi connectivity index (χ2v) is 9.50. The predicted molar refractivity (Wildman–Crippen MR) is 114 cm³/mol. The zero-order valence-corrected chi connectivity index (χ0v) is 17.2. The maximum atomic E-state index is 10.4. The highest BCUT2D eigenvalue weighted by atomic mass is 16.3. The van der Waals surface area contributed by atoms with Gasteiger partial charge in [0, 0.05) is 16.6 Å². The summed E-state index contributed by atoms with van der Waals surface area (Å²) in [4.78, 5) is 0. The van der Waals surface area contributed by atoms with Crippen LogP contribution in [0.15, 0.2) is 48.5 Å². The average Bonchev–Trinajstić information content (AvgIpc) is 2.59. The molecule has 4 rings (SSSR count). The van der Waals surface area contributed by atoms with Gasteiger partial charge in [0.05, 0.1) is 11.4 Å². The molecule has 1 aromatic heterocycles. The molecule has 0 unspecified atom stereocenters. The Bertz CT molecular complexity index is 976. The van der Waals surface area contributed by atoms with Gasteiger partial charge in [-0.25, -0.2) is 0 Å². The highest BCUT2D eigenvalue weighted by Crippen LogP contribution is 2.35. The lowest BCUT2D eigenvalue weighted by Crippen LogP contribution is -2.58. The number of phenols is 1. The van der Waals surface area contributed by atoms with Crippen molar-refractivity contribution in [1.82, 2.24) is 15.5 Å². The lowest BCUT2D eigenvalue weighted by molar-refractivity contribution is 0.128. The first kappa shape index (κ1) is 18.9. The number of benzene rings is 2. The van der Waals surface area contributed by atoms with Gasteiger partial charge in [-0.1, -0.05) is 24.3 Å². The lowest BCUT2D eigenvalue weighted by atomic mass is 9.74. The van der Waals surface area contributed by atoms with Crippen LogP contribution in [0.5, 0.6) is 5.75 Å². The molecule has 3 aromatic rings. The molecular formula is C24H29N3O. The molecule has 0 bridgehead atoms. The van der Waals surface area contributed by atoms with Crippen molar-refractivity contribution in [3.05, 3.63) is 54.2 Å². The molecule has 0 spiro atoms. The summed E-state index contributed by atoms with van der Waals surface area (Å²) < 4.78 is 0. The van der Waals surface area contributed by atoms with E-state index in [1.165, 1.54) is 0 Å². The molecule has 0 aliphatic carbocycles. The van der Waals surface area contributed by atoms with Gasteiger partial charge < -0.3 is 10.4 Å². The third-order valence-electron chi connectivity index (χ3n) is 5.63. The SMILES string of the molecule is CC1(C)CC(Cc2ccc(-c3cc4ccccc4cc3O)nn2)CC(C)(C)N1. The summed E-state index contributed by atoms with van der Waals surface area (Å²) >= 11 is 0.